The Hall–Kier alpha value is -3.56. The predicted molar refractivity (Wildman–Crippen MR) is 161 cm³/mol. The van der Waals surface area contributed by atoms with Gasteiger partial charge in [-0.25, -0.2) is 9.59 Å². The van der Waals surface area contributed by atoms with Gasteiger partial charge in [0.15, 0.2) is 0 Å². The fourth-order valence-corrected chi connectivity index (χ4v) is 4.90. The largest absolute Gasteiger partial charge is 0.506 e. The van der Waals surface area contributed by atoms with Gasteiger partial charge < -0.3 is 19.5 Å². The molecule has 0 aliphatic heterocycles. The minimum atomic E-state index is -1.73. The van der Waals surface area contributed by atoms with Crippen molar-refractivity contribution in [1.82, 2.24) is 9.13 Å². The number of benzene rings is 2. The Bertz CT molecular complexity index is 1600. The molecule has 41 heavy (non-hydrogen) atoms. The summed E-state index contributed by atoms with van der Waals surface area (Å²) in [6.45, 7) is 11.0. The van der Waals surface area contributed by atoms with Gasteiger partial charge in [-0.15, -0.1) is 0 Å². The number of aromatic nitrogens is 2. The Morgan fingerprint density at radius 2 is 1.24 bits per heavy atom. The van der Waals surface area contributed by atoms with Crippen molar-refractivity contribution in [3.63, 3.8) is 0 Å². The van der Waals surface area contributed by atoms with Crippen LogP contribution in [0.15, 0.2) is 54.7 Å². The normalized spacial score (nSPS) is 15.4. The van der Waals surface area contributed by atoms with Crippen LogP contribution in [0.25, 0.3) is 21.8 Å². The average molecular weight is 558 g/mol. The van der Waals surface area contributed by atoms with Gasteiger partial charge in [0, 0.05) is 11.6 Å². The molecule has 2 saturated carbocycles. The third kappa shape index (κ3) is 6.85. The van der Waals surface area contributed by atoms with E-state index in [1.807, 2.05) is 45.0 Å². The Morgan fingerprint density at radius 1 is 0.732 bits per heavy atom. The first-order valence-electron chi connectivity index (χ1n) is 14.3. The Kier molecular flexibility index (Phi) is 7.55. The first kappa shape index (κ1) is 29.0. The molecule has 2 fully saturated rings. The minimum Gasteiger partial charge on any atom is -0.443 e. The lowest BCUT2D eigenvalue weighted by atomic mass is 9.86. The lowest BCUT2D eigenvalue weighted by molar-refractivity contribution is 0.0534. The lowest BCUT2D eigenvalue weighted by Gasteiger charge is -2.21. The third-order valence-electron chi connectivity index (χ3n) is 7.10. The molecule has 2 aliphatic carbocycles. The first-order chi connectivity index (χ1) is 19.2. The maximum Gasteiger partial charge on any atom is 0.506 e. The van der Waals surface area contributed by atoms with Crippen LogP contribution < -0.4 is 5.59 Å². The van der Waals surface area contributed by atoms with E-state index in [0.717, 1.165) is 29.1 Å². The molecule has 2 aliphatic rings. The Labute approximate surface area is 241 Å². The fraction of sp³-hybridized carbons (Fsp3) is 0.438. The lowest BCUT2D eigenvalue weighted by Crippen LogP contribution is -2.41. The summed E-state index contributed by atoms with van der Waals surface area (Å²) in [7, 11) is -1.73. The summed E-state index contributed by atoms with van der Waals surface area (Å²) >= 11 is 0. The summed E-state index contributed by atoms with van der Waals surface area (Å²) in [5.41, 5.74) is 3.10. The number of nitrogens with zero attached hydrogens (tertiary/aromatic N) is 2. The molecule has 2 aromatic carbocycles. The van der Waals surface area contributed by atoms with Crippen LogP contribution in [0.5, 0.6) is 0 Å². The van der Waals surface area contributed by atoms with E-state index in [0.29, 0.717) is 17.4 Å². The molecule has 0 unspecified atom stereocenters. The Morgan fingerprint density at radius 3 is 1.76 bits per heavy atom. The monoisotopic (exact) mass is 558 g/mol. The molecule has 0 saturated heterocycles. The summed E-state index contributed by atoms with van der Waals surface area (Å²) in [6.07, 6.45) is 5.73. The van der Waals surface area contributed by atoms with Gasteiger partial charge >= 0.3 is 19.3 Å². The molecule has 2 aromatic heterocycles. The molecule has 0 radical (unpaired) electrons. The van der Waals surface area contributed by atoms with Gasteiger partial charge in [-0.05, 0) is 120 Å². The van der Waals surface area contributed by atoms with Crippen molar-refractivity contribution in [1.29, 1.82) is 0 Å². The summed E-state index contributed by atoms with van der Waals surface area (Å²) in [6, 6.07) is 15.8. The highest BCUT2D eigenvalue weighted by Crippen LogP contribution is 2.41. The average Bonchev–Trinajstić information content (AvgIpc) is 3.80. The highest BCUT2D eigenvalue weighted by Gasteiger charge is 2.29. The zero-order valence-electron chi connectivity index (χ0n) is 24.7. The quantitative estimate of drug-likeness (QED) is 0.287. The number of rotatable bonds is 3. The zero-order valence-corrected chi connectivity index (χ0v) is 24.7. The summed E-state index contributed by atoms with van der Waals surface area (Å²) in [5.74, 6) is 1.24. The van der Waals surface area contributed by atoms with E-state index in [1.165, 1.54) is 28.5 Å². The fourth-order valence-electron chi connectivity index (χ4n) is 4.90. The number of carbonyl (C=O) groups is 2. The van der Waals surface area contributed by atoms with Crippen molar-refractivity contribution in [3.05, 3.63) is 65.9 Å². The SMILES string of the molecule is CC(C)(C)OC(=O)n1c(B(O)O)cc2ccc(C3CC3)cc21.CC(C)(C)OC(=O)n1ccc2ccc(C3CC3)cc21. The van der Waals surface area contributed by atoms with Crippen LogP contribution in [0.3, 0.4) is 0 Å². The number of ether oxygens (including phenoxy) is 2. The van der Waals surface area contributed by atoms with Gasteiger partial charge in [0.1, 0.15) is 11.2 Å². The van der Waals surface area contributed by atoms with E-state index < -0.39 is 24.4 Å². The molecule has 0 bridgehead atoms. The number of hydrogen-bond acceptors (Lipinski definition) is 6. The van der Waals surface area contributed by atoms with Crippen LogP contribution in [0.1, 0.15) is 90.2 Å². The molecule has 0 amide bonds. The van der Waals surface area contributed by atoms with Gasteiger partial charge in [-0.2, -0.15) is 0 Å². The van der Waals surface area contributed by atoms with Gasteiger partial charge in [-0.3, -0.25) is 9.13 Å². The molecule has 6 rings (SSSR count). The van der Waals surface area contributed by atoms with E-state index in [1.54, 1.807) is 37.6 Å². The van der Waals surface area contributed by atoms with Crippen molar-refractivity contribution in [2.45, 2.75) is 90.3 Å². The Balaban J connectivity index is 0.000000166. The van der Waals surface area contributed by atoms with Gasteiger partial charge in [0.05, 0.1) is 16.6 Å². The van der Waals surface area contributed by atoms with E-state index >= 15 is 0 Å². The van der Waals surface area contributed by atoms with Crippen molar-refractivity contribution >= 4 is 46.7 Å². The van der Waals surface area contributed by atoms with E-state index in [2.05, 4.69) is 18.2 Å². The van der Waals surface area contributed by atoms with Crippen LogP contribution in [0.4, 0.5) is 9.59 Å². The second kappa shape index (κ2) is 10.7. The summed E-state index contributed by atoms with van der Waals surface area (Å²) in [5, 5.41) is 21.0. The molecular weight excluding hydrogens is 519 g/mol. The molecule has 2 N–H and O–H groups in total. The smallest absolute Gasteiger partial charge is 0.443 e. The molecular formula is C32H39BN2O6. The van der Waals surface area contributed by atoms with Crippen LogP contribution in [-0.4, -0.2) is 49.7 Å². The topological polar surface area (TPSA) is 103 Å². The second-order valence-corrected chi connectivity index (χ2v) is 13.1. The minimum absolute atomic E-state index is 0.122. The number of fused-ring (bicyclic) bond motifs is 2. The second-order valence-electron chi connectivity index (χ2n) is 13.1. The van der Waals surface area contributed by atoms with Crippen molar-refractivity contribution in [2.75, 3.05) is 0 Å². The van der Waals surface area contributed by atoms with Gasteiger partial charge in [-0.1, -0.05) is 24.3 Å². The highest BCUT2D eigenvalue weighted by molar-refractivity contribution is 6.59. The number of carbonyl (C=O) groups excluding carboxylic acids is 2. The molecule has 0 spiro atoms. The summed E-state index contributed by atoms with van der Waals surface area (Å²) < 4.78 is 13.7. The molecule has 216 valence electrons. The van der Waals surface area contributed by atoms with Gasteiger partial charge in [0.2, 0.25) is 0 Å². The van der Waals surface area contributed by atoms with Crippen LogP contribution >= 0.6 is 0 Å². The number of hydrogen-bond donors (Lipinski definition) is 2. The maximum atomic E-state index is 12.5. The van der Waals surface area contributed by atoms with E-state index in [9.17, 15) is 19.6 Å². The van der Waals surface area contributed by atoms with E-state index in [4.69, 9.17) is 9.47 Å². The van der Waals surface area contributed by atoms with Gasteiger partial charge in [0.25, 0.3) is 0 Å². The van der Waals surface area contributed by atoms with Crippen LogP contribution in [-0.2, 0) is 9.47 Å². The first-order valence-corrected chi connectivity index (χ1v) is 14.3. The third-order valence-corrected chi connectivity index (χ3v) is 7.10. The van der Waals surface area contributed by atoms with E-state index in [-0.39, 0.29) is 11.7 Å². The molecule has 0 atom stereocenters. The maximum absolute atomic E-state index is 12.5. The highest BCUT2D eigenvalue weighted by atomic mass is 16.6. The standard InChI is InChI=1S/C16H20BNO4.C16H19NO2/c1-16(2,3)22-15(19)18-13-8-11(10-4-5-10)6-7-12(13)9-14(18)17(20)21;1-16(2,3)19-15(18)17-9-8-12-6-7-13(10-14(12)17)11-4-5-11/h6-10,20-21H,4-5H2,1-3H3;6-11H,4-5H2,1-3H3. The van der Waals surface area contributed by atoms with Crippen LogP contribution in [0.2, 0.25) is 0 Å². The van der Waals surface area contributed by atoms with Crippen LogP contribution in [0, 0.1) is 0 Å². The van der Waals surface area contributed by atoms with Crippen molar-refractivity contribution < 1.29 is 29.1 Å². The molecule has 4 aromatic rings. The predicted octanol–water partition coefficient (Wildman–Crippen LogP) is 6.28. The summed E-state index contributed by atoms with van der Waals surface area (Å²) in [4.78, 5) is 24.6. The molecule has 2 heterocycles. The van der Waals surface area contributed by atoms with Crippen molar-refractivity contribution in [2.24, 2.45) is 0 Å². The van der Waals surface area contributed by atoms with Crippen molar-refractivity contribution in [3.8, 4) is 0 Å². The molecule has 8 nitrogen and oxygen atoms in total. The zero-order chi connectivity index (χ0) is 29.7. The molecule has 9 heteroatoms.